The monoisotopic (exact) mass is 925 g/mol. The van der Waals surface area contributed by atoms with Gasteiger partial charge in [-0.05, 0) is 61.5 Å². The maximum absolute atomic E-state index is 8.49. The van der Waals surface area contributed by atoms with Crippen LogP contribution in [-0.2, 0) is 17.1 Å². The molecule has 0 fully saturated rings. The van der Waals surface area contributed by atoms with E-state index in [-0.39, 0.29) is 39.0 Å². The predicted octanol–water partition coefficient (Wildman–Crippen LogP) is -13.7. The molecule has 31 heteroatoms. The Morgan fingerprint density at radius 3 is 1.02 bits per heavy atom. The van der Waals surface area contributed by atoms with Gasteiger partial charge in [0.05, 0.1) is 17.1 Å². The molecule has 8 aromatic heterocycles. The third-order valence-electron chi connectivity index (χ3n) is 6.23. The number of aromatic nitrogens is 16. The molecular weight excluding hydrogens is 887 g/mol. The van der Waals surface area contributed by atoms with Crippen LogP contribution in [0.1, 0.15) is 45.6 Å². The van der Waals surface area contributed by atoms with E-state index >= 15 is 0 Å². The number of halogens is 2. The summed E-state index contributed by atoms with van der Waals surface area (Å²) in [4.78, 5) is 32.7. The summed E-state index contributed by atoms with van der Waals surface area (Å²) in [7, 11) is -9.89. The van der Waals surface area contributed by atoms with Crippen molar-refractivity contribution >= 4 is 23.1 Å². The van der Waals surface area contributed by atoms with E-state index in [1.165, 1.54) is 25.3 Å². The minimum atomic E-state index is -4.94. The number of aryl methyl sites for hydroxylation is 8. The van der Waals surface area contributed by atoms with E-state index in [1.54, 1.807) is 18.1 Å². The molecule has 0 bridgehead atoms. The van der Waals surface area contributed by atoms with Gasteiger partial charge in [-0.2, -0.15) is 10.1 Å². The fourth-order valence-electron chi connectivity index (χ4n) is 4.46. The van der Waals surface area contributed by atoms with Gasteiger partial charge >= 0.3 is 17.1 Å². The van der Waals surface area contributed by atoms with Gasteiger partial charge in [0.15, 0.2) is 0 Å². The van der Waals surface area contributed by atoms with Crippen molar-refractivity contribution < 1.29 is 115 Å². The van der Waals surface area contributed by atoms with Crippen LogP contribution >= 0.6 is 0 Å². The van der Waals surface area contributed by atoms with E-state index in [9.17, 15) is 0 Å². The molecule has 8 heterocycles. The van der Waals surface area contributed by atoms with E-state index < -0.39 is 20.5 Å². The maximum Gasteiger partial charge on any atom is 2.00 e. The summed E-state index contributed by atoms with van der Waals surface area (Å²) in [6, 6.07) is 7.90. The van der Waals surface area contributed by atoms with Crippen LogP contribution in [0.25, 0.3) is 23.1 Å². The quantitative estimate of drug-likeness (QED) is 0.101. The standard InChI is InChI=1S/4C7H8N4.2ClHO4.Cu.4H2O/c4*1-5-3-6(2)11-7(10-5)8-4-9-11;2*2-1(3,4)5;;;;;/h4*3-4H,1-2H3;2*(H,2,3,4,5);;4*1H2/q;;;;;;+2;;;;/p-2. The Labute approximate surface area is 347 Å². The average molecular weight is 927 g/mol. The Hall–Kier alpha value is -5.18. The predicted molar refractivity (Wildman–Crippen MR) is 166 cm³/mol. The number of hydrogen-bond donors (Lipinski definition) is 0. The van der Waals surface area contributed by atoms with E-state index in [1.807, 2.05) is 79.7 Å². The Morgan fingerprint density at radius 1 is 0.441 bits per heavy atom. The molecule has 0 unspecified atom stereocenters. The van der Waals surface area contributed by atoms with Gasteiger partial charge in [-0.25, -0.2) is 60.3 Å². The fourth-order valence-corrected chi connectivity index (χ4v) is 4.46. The molecule has 8 N–H and O–H groups in total. The number of rotatable bonds is 0. The second-order valence-corrected chi connectivity index (χ2v) is 12.3. The van der Waals surface area contributed by atoms with E-state index in [0.717, 1.165) is 45.6 Å². The van der Waals surface area contributed by atoms with E-state index in [2.05, 4.69) is 60.3 Å². The molecule has 0 aromatic carbocycles. The van der Waals surface area contributed by atoms with Crippen molar-refractivity contribution in [2.24, 2.45) is 0 Å². The van der Waals surface area contributed by atoms with Gasteiger partial charge in [0.1, 0.15) is 23.4 Å². The summed E-state index contributed by atoms with van der Waals surface area (Å²) in [5.74, 6) is 2.68. The van der Waals surface area contributed by atoms with Gasteiger partial charge in [0, 0.05) is 29.6 Å². The minimum absolute atomic E-state index is 0. The summed E-state index contributed by atoms with van der Waals surface area (Å²) in [5, 5.41) is 16.0. The van der Waals surface area contributed by atoms with E-state index in [4.69, 9.17) is 37.3 Å². The smallest absolute Gasteiger partial charge is 0.412 e. The maximum atomic E-state index is 8.49. The van der Waals surface area contributed by atoms with E-state index in [0.29, 0.717) is 23.1 Å². The zero-order valence-electron chi connectivity index (χ0n) is 32.1. The average Bonchev–Trinajstić information content (AvgIpc) is 3.83. The van der Waals surface area contributed by atoms with Crippen LogP contribution in [0, 0.1) is 75.9 Å². The summed E-state index contributed by atoms with van der Waals surface area (Å²) in [6.45, 7) is 15.7. The Morgan fingerprint density at radius 2 is 0.712 bits per heavy atom. The summed E-state index contributed by atoms with van der Waals surface area (Å²) >= 11 is 0. The van der Waals surface area contributed by atoms with Crippen molar-refractivity contribution in [2.75, 3.05) is 0 Å². The normalized spacial score (nSPS) is 10.0. The molecule has 1 radical (unpaired) electrons. The van der Waals surface area contributed by atoms with Crippen LogP contribution in [0.5, 0.6) is 0 Å². The molecule has 8 rings (SSSR count). The van der Waals surface area contributed by atoms with Crippen molar-refractivity contribution in [3.63, 3.8) is 0 Å². The third kappa shape index (κ3) is 19.9. The molecule has 8 aromatic rings. The molecule has 0 aliphatic carbocycles. The summed E-state index contributed by atoms with van der Waals surface area (Å²) < 4.78 is 74.8. The van der Waals surface area contributed by atoms with Gasteiger partial charge in [0.2, 0.25) is 0 Å². The molecular formula is C28H40Cl2CuN16O12. The summed E-state index contributed by atoms with van der Waals surface area (Å²) in [6.07, 6.45) is 6.03. The molecule has 59 heavy (non-hydrogen) atoms. The van der Waals surface area contributed by atoms with Crippen molar-refractivity contribution in [1.29, 1.82) is 0 Å². The zero-order valence-corrected chi connectivity index (χ0v) is 34.6. The topological polar surface area (TPSA) is 486 Å². The Bertz CT molecular complexity index is 2100. The molecule has 0 saturated heterocycles. The third-order valence-corrected chi connectivity index (χ3v) is 6.23. The van der Waals surface area contributed by atoms with Gasteiger partial charge in [-0.1, -0.05) is 19.0 Å². The molecule has 0 atom stereocenters. The first-order chi connectivity index (χ1) is 25.1. The van der Waals surface area contributed by atoms with Crippen LogP contribution in [0.15, 0.2) is 49.6 Å². The van der Waals surface area contributed by atoms with Crippen molar-refractivity contribution in [1.82, 2.24) is 60.3 Å². The Balaban J connectivity index is -0.000000643. The van der Waals surface area contributed by atoms with Gasteiger partial charge in [-0.3, -0.25) is 0 Å². The molecule has 0 aliphatic rings. The molecule has 0 spiro atoms. The van der Waals surface area contributed by atoms with Crippen LogP contribution < -0.4 is 75.6 Å². The molecule has 28 nitrogen and oxygen atoms in total. The van der Waals surface area contributed by atoms with Crippen molar-refractivity contribution in [2.45, 2.75) is 55.4 Å². The Kier molecular flexibility index (Phi) is 25.0. The molecule has 0 amide bonds. The second-order valence-electron chi connectivity index (χ2n) is 10.8. The van der Waals surface area contributed by atoms with Crippen LogP contribution in [-0.4, -0.2) is 61.9 Å². The SMILES string of the molecule is Cc1cc(C)[n+]2[n-]cnc2n1.Cc1cc(C)[n+]2[n-]cnc2n1.Cc1cc(C)[n+]2[n-]cnc2n1.Cc1cc(C)[n+]2nc[n-]c2n1.O.O.O.O.[Cu+2].[O-][Cl+3]([O-])([O-])[O-].[O-][Cl+3]([O-])([O-])[O-]. The minimum Gasteiger partial charge on any atom is -0.412 e. The number of hydrogen-bond acceptors (Lipinski definition) is 16. The second kappa shape index (κ2) is 25.3. The van der Waals surface area contributed by atoms with Gasteiger partial charge in [0.25, 0.3) is 23.1 Å². The van der Waals surface area contributed by atoms with Crippen LogP contribution in [0.4, 0.5) is 0 Å². The summed E-state index contributed by atoms with van der Waals surface area (Å²) in [5.41, 5.74) is 8.14. The first-order valence-electron chi connectivity index (χ1n) is 14.9. The van der Waals surface area contributed by atoms with Crippen molar-refractivity contribution in [3.05, 3.63) is 95.1 Å². The molecule has 0 aliphatic heterocycles. The molecule has 0 saturated carbocycles. The molecule has 329 valence electrons. The first kappa shape index (κ1) is 58.1. The zero-order chi connectivity index (χ0) is 40.4. The largest absolute Gasteiger partial charge is 2.00 e. The number of nitrogens with zero attached hydrogens (tertiary/aromatic N) is 16. The first-order valence-corrected chi connectivity index (χ1v) is 17.4. The van der Waals surface area contributed by atoms with Crippen LogP contribution in [0.2, 0.25) is 0 Å². The van der Waals surface area contributed by atoms with Gasteiger partial charge in [-0.15, -0.1) is 35.4 Å². The number of fused-ring (bicyclic) bond motifs is 4. The van der Waals surface area contributed by atoms with Crippen LogP contribution in [0.3, 0.4) is 0 Å². The fraction of sp³-hybridized carbons (Fsp3) is 0.286. The van der Waals surface area contributed by atoms with Crippen molar-refractivity contribution in [3.8, 4) is 0 Å². The van der Waals surface area contributed by atoms with Gasteiger partial charge < -0.3 is 52.2 Å².